The second-order valence-corrected chi connectivity index (χ2v) is 10.7. The van der Waals surface area contributed by atoms with Gasteiger partial charge in [0.2, 0.25) is 0 Å². The van der Waals surface area contributed by atoms with Crippen molar-refractivity contribution in [2.45, 2.75) is 31.8 Å². The van der Waals surface area contributed by atoms with E-state index in [1.54, 1.807) is 7.05 Å². The van der Waals surface area contributed by atoms with E-state index in [1.807, 2.05) is 48.5 Å². The fraction of sp³-hybridized carbons (Fsp3) is 0.414. The van der Waals surface area contributed by atoms with Gasteiger partial charge in [0.25, 0.3) is 11.8 Å². The Morgan fingerprint density at radius 3 is 2.74 bits per heavy atom. The van der Waals surface area contributed by atoms with Crippen LogP contribution in [0.1, 0.15) is 35.3 Å². The summed E-state index contributed by atoms with van der Waals surface area (Å²) in [5.41, 5.74) is 2.54. The van der Waals surface area contributed by atoms with Gasteiger partial charge in [0, 0.05) is 39.0 Å². The Balaban J connectivity index is 1.14. The van der Waals surface area contributed by atoms with Crippen LogP contribution in [-0.4, -0.2) is 67.6 Å². The van der Waals surface area contributed by atoms with E-state index in [2.05, 4.69) is 15.3 Å². The minimum absolute atomic E-state index is 0.0690. The monoisotopic (exact) mass is 533 g/mol. The Morgan fingerprint density at radius 2 is 1.95 bits per heavy atom. The van der Waals surface area contributed by atoms with Crippen molar-refractivity contribution in [2.24, 2.45) is 5.41 Å². The van der Waals surface area contributed by atoms with Crippen LogP contribution in [0, 0.1) is 11.2 Å². The van der Waals surface area contributed by atoms with Crippen LogP contribution in [0.2, 0.25) is 0 Å². The fourth-order valence-corrected chi connectivity index (χ4v) is 5.78. The summed E-state index contributed by atoms with van der Waals surface area (Å²) >= 11 is 0. The number of fused-ring (bicyclic) bond motifs is 1. The average Bonchev–Trinajstić information content (AvgIpc) is 3.50. The maximum atomic E-state index is 14.6. The number of nitrogens with one attached hydrogen (secondary N) is 1. The highest BCUT2D eigenvalue weighted by molar-refractivity contribution is 6.03. The van der Waals surface area contributed by atoms with Crippen LogP contribution >= 0.6 is 0 Å². The van der Waals surface area contributed by atoms with E-state index in [-0.39, 0.29) is 18.2 Å². The van der Waals surface area contributed by atoms with Crippen molar-refractivity contribution in [1.82, 2.24) is 15.1 Å². The summed E-state index contributed by atoms with van der Waals surface area (Å²) in [7, 11) is 1.66. The third-order valence-electron chi connectivity index (χ3n) is 8.12. The molecule has 0 aliphatic carbocycles. The van der Waals surface area contributed by atoms with Gasteiger partial charge in [-0.1, -0.05) is 30.3 Å². The van der Waals surface area contributed by atoms with Crippen molar-refractivity contribution in [2.75, 3.05) is 49.8 Å². The fourth-order valence-electron chi connectivity index (χ4n) is 5.78. The van der Waals surface area contributed by atoms with E-state index < -0.39 is 17.8 Å². The van der Waals surface area contributed by atoms with E-state index in [0.29, 0.717) is 23.4 Å². The van der Waals surface area contributed by atoms with Crippen LogP contribution < -0.4 is 19.9 Å². The maximum Gasteiger partial charge on any atom is 0.275 e. The second-order valence-electron chi connectivity index (χ2n) is 10.7. The molecule has 2 saturated heterocycles. The Kier molecular flexibility index (Phi) is 6.72. The van der Waals surface area contributed by atoms with Gasteiger partial charge >= 0.3 is 0 Å². The topological polar surface area (TPSA) is 88.9 Å². The molecule has 0 radical (unpaired) electrons. The number of ether oxygens (including phenoxy) is 2. The predicted molar refractivity (Wildman–Crippen MR) is 144 cm³/mol. The molecule has 0 saturated carbocycles. The Bertz CT molecular complexity index is 1370. The first-order chi connectivity index (χ1) is 18.9. The summed E-state index contributed by atoms with van der Waals surface area (Å²) in [6, 6.07) is 14.3. The summed E-state index contributed by atoms with van der Waals surface area (Å²) in [6.45, 7) is 3.80. The number of aromatic nitrogens is 2. The molecular formula is C29H32FN5O4. The quantitative estimate of drug-likeness (QED) is 0.542. The zero-order chi connectivity index (χ0) is 27.0. The van der Waals surface area contributed by atoms with Crippen molar-refractivity contribution in [3.63, 3.8) is 0 Å². The first-order valence-corrected chi connectivity index (χ1v) is 13.4. The molecule has 204 valence electrons. The van der Waals surface area contributed by atoms with E-state index in [4.69, 9.17) is 9.47 Å². The second kappa shape index (κ2) is 10.3. The number of carbonyl (C=O) groups excluding carboxylic acids is 2. The van der Waals surface area contributed by atoms with Gasteiger partial charge in [-0.3, -0.25) is 14.3 Å². The number of halogens is 1. The first-order valence-electron chi connectivity index (χ1n) is 13.4. The zero-order valence-electron chi connectivity index (χ0n) is 21.9. The van der Waals surface area contributed by atoms with Crippen molar-refractivity contribution in [1.29, 1.82) is 0 Å². The van der Waals surface area contributed by atoms with Crippen molar-refractivity contribution < 1.29 is 23.5 Å². The van der Waals surface area contributed by atoms with Crippen molar-refractivity contribution in [3.05, 3.63) is 71.8 Å². The smallest absolute Gasteiger partial charge is 0.275 e. The number of benzene rings is 2. The standard InChI is InChI=1S/C29H32FN5O4/c1-33-24-15-21(34-12-9-29(19-34)10-13-38-14-11-29)7-8-25(24)39-18-23(28(33)37)31-27(36)26-22(30)17-35(32-26)16-20-5-3-2-4-6-20/h2-8,15,17,23H,9-14,16,18-19H2,1H3,(H,31,36)/t23-/m0/s1. The molecule has 39 heavy (non-hydrogen) atoms. The van der Waals surface area contributed by atoms with Gasteiger partial charge in [0.15, 0.2) is 11.5 Å². The number of nitrogens with zero attached hydrogens (tertiary/aromatic N) is 4. The molecule has 2 amide bonds. The third-order valence-corrected chi connectivity index (χ3v) is 8.12. The number of carbonyl (C=O) groups is 2. The normalized spacial score (nSPS) is 20.5. The van der Waals surface area contributed by atoms with Crippen molar-refractivity contribution in [3.8, 4) is 5.75 Å². The van der Waals surface area contributed by atoms with Crippen LogP contribution in [0.15, 0.2) is 54.7 Å². The Hall–Kier alpha value is -3.92. The largest absolute Gasteiger partial charge is 0.489 e. The summed E-state index contributed by atoms with van der Waals surface area (Å²) in [5, 5.41) is 6.74. The van der Waals surface area contributed by atoms with Crippen LogP contribution in [0.3, 0.4) is 0 Å². The first kappa shape index (κ1) is 25.4. The van der Waals surface area contributed by atoms with Gasteiger partial charge in [0.1, 0.15) is 18.4 Å². The lowest BCUT2D eigenvalue weighted by atomic mass is 9.80. The number of amides is 2. The lowest BCUT2D eigenvalue weighted by molar-refractivity contribution is -0.120. The van der Waals surface area contributed by atoms with Gasteiger partial charge in [-0.2, -0.15) is 5.10 Å². The molecule has 9 nitrogen and oxygen atoms in total. The van der Waals surface area contributed by atoms with E-state index in [0.717, 1.165) is 56.8 Å². The van der Waals surface area contributed by atoms with Gasteiger partial charge < -0.3 is 24.6 Å². The molecular weight excluding hydrogens is 501 g/mol. The molecule has 3 aromatic rings. The number of hydrogen-bond donors (Lipinski definition) is 1. The Labute approximate surface area is 226 Å². The molecule has 3 aliphatic rings. The molecule has 6 rings (SSSR count). The number of hydrogen-bond acceptors (Lipinski definition) is 6. The number of likely N-dealkylation sites (N-methyl/N-ethyl adjacent to an activating group) is 1. The van der Waals surface area contributed by atoms with Gasteiger partial charge in [-0.15, -0.1) is 0 Å². The Morgan fingerprint density at radius 1 is 1.15 bits per heavy atom. The highest BCUT2D eigenvalue weighted by atomic mass is 19.1. The molecule has 2 fully saturated rings. The SMILES string of the molecule is CN1C(=O)[C@@H](NC(=O)c2nn(Cc3ccccc3)cc2F)COc2ccc(N3CCC4(CCOCC4)C3)cc21. The molecule has 3 aliphatic heterocycles. The lowest BCUT2D eigenvalue weighted by Crippen LogP contribution is -2.49. The highest BCUT2D eigenvalue weighted by Gasteiger charge is 2.40. The van der Waals surface area contributed by atoms with Crippen LogP contribution in [0.4, 0.5) is 15.8 Å². The summed E-state index contributed by atoms with van der Waals surface area (Å²) < 4.78 is 27.5. The minimum atomic E-state index is -0.991. The summed E-state index contributed by atoms with van der Waals surface area (Å²) in [6.07, 6.45) is 4.45. The summed E-state index contributed by atoms with van der Waals surface area (Å²) in [4.78, 5) is 30.2. The van der Waals surface area contributed by atoms with Crippen molar-refractivity contribution >= 4 is 23.2 Å². The van der Waals surface area contributed by atoms with E-state index in [1.165, 1.54) is 15.8 Å². The van der Waals surface area contributed by atoms with Gasteiger partial charge in [-0.25, -0.2) is 4.39 Å². The van der Waals surface area contributed by atoms with E-state index >= 15 is 0 Å². The number of rotatable bonds is 5. The van der Waals surface area contributed by atoms with Crippen LogP contribution in [-0.2, 0) is 16.1 Å². The van der Waals surface area contributed by atoms with Gasteiger partial charge in [0.05, 0.1) is 18.4 Å². The third kappa shape index (κ3) is 5.08. The molecule has 1 atom stereocenters. The lowest BCUT2D eigenvalue weighted by Gasteiger charge is -2.33. The average molecular weight is 534 g/mol. The van der Waals surface area contributed by atoms with Crippen LogP contribution in [0.25, 0.3) is 0 Å². The molecule has 0 unspecified atom stereocenters. The minimum Gasteiger partial charge on any atom is -0.489 e. The molecule has 1 spiro atoms. The van der Waals surface area contributed by atoms with Gasteiger partial charge in [-0.05, 0) is 48.4 Å². The predicted octanol–water partition coefficient (Wildman–Crippen LogP) is 3.23. The molecule has 0 bridgehead atoms. The zero-order valence-corrected chi connectivity index (χ0v) is 21.9. The molecule has 1 N–H and O–H groups in total. The molecule has 4 heterocycles. The summed E-state index contributed by atoms with van der Waals surface area (Å²) in [5.74, 6) is -1.30. The molecule has 2 aromatic carbocycles. The highest BCUT2D eigenvalue weighted by Crippen LogP contribution is 2.43. The van der Waals surface area contributed by atoms with Crippen LogP contribution in [0.5, 0.6) is 5.75 Å². The molecule has 10 heteroatoms. The number of anilines is 2. The van der Waals surface area contributed by atoms with E-state index in [9.17, 15) is 14.0 Å². The maximum absolute atomic E-state index is 14.6. The molecule has 1 aromatic heterocycles.